The average Bonchev–Trinajstić information content (AvgIpc) is 4.13. The van der Waals surface area contributed by atoms with Gasteiger partial charge in [-0.2, -0.15) is 15.2 Å². The summed E-state index contributed by atoms with van der Waals surface area (Å²) in [6.45, 7) is 8.65. The molecular formula is C47H56Cl2N14O9. The Morgan fingerprint density at radius 2 is 1.19 bits per heavy atom. The maximum Gasteiger partial charge on any atom is 0.279 e. The molecule has 0 saturated carbocycles. The number of halogens is 2. The van der Waals surface area contributed by atoms with Crippen molar-refractivity contribution in [2.24, 2.45) is 10.9 Å². The Kier molecular flexibility index (Phi) is 17.3. The van der Waals surface area contributed by atoms with E-state index in [1.54, 1.807) is 62.2 Å². The molecule has 0 aliphatic carbocycles. The lowest BCUT2D eigenvalue weighted by molar-refractivity contribution is -0.340. The van der Waals surface area contributed by atoms with Gasteiger partial charge in [0.05, 0.1) is 35.0 Å². The van der Waals surface area contributed by atoms with Crippen molar-refractivity contribution in [1.82, 2.24) is 49.5 Å². The summed E-state index contributed by atoms with van der Waals surface area (Å²) >= 11 is 12.2. The van der Waals surface area contributed by atoms with Crippen molar-refractivity contribution in [3.8, 4) is 23.0 Å². The van der Waals surface area contributed by atoms with E-state index in [1.807, 2.05) is 53.4 Å². The number of methoxy groups -OCH3 is 5. The zero-order chi connectivity index (χ0) is 51.5. The number of aryl methyl sites for hydroxylation is 1. The molecule has 5 aromatic heterocycles. The van der Waals surface area contributed by atoms with Crippen molar-refractivity contribution in [3.63, 3.8) is 0 Å². The van der Waals surface area contributed by atoms with Crippen LogP contribution in [0.25, 0.3) is 33.6 Å². The van der Waals surface area contributed by atoms with E-state index in [9.17, 15) is 9.59 Å². The van der Waals surface area contributed by atoms with Gasteiger partial charge in [0, 0.05) is 123 Å². The Bertz CT molecular complexity index is 2990. The molecule has 2 amide bonds. The molecule has 2 fully saturated rings. The summed E-state index contributed by atoms with van der Waals surface area (Å²) in [7, 11) is 7.74. The van der Waals surface area contributed by atoms with Crippen LogP contribution in [-0.2, 0) is 36.9 Å². The van der Waals surface area contributed by atoms with Gasteiger partial charge in [0.2, 0.25) is 23.5 Å². The number of rotatable bonds is 13. The summed E-state index contributed by atoms with van der Waals surface area (Å²) < 4.78 is 33.2. The van der Waals surface area contributed by atoms with Gasteiger partial charge in [-0.25, -0.2) is 19.3 Å². The number of benzene rings is 2. The molecule has 9 rings (SSSR count). The number of carbonyl (C=O) groups is 2. The van der Waals surface area contributed by atoms with Gasteiger partial charge in [-0.1, -0.05) is 33.5 Å². The first kappa shape index (κ1) is 52.5. The summed E-state index contributed by atoms with van der Waals surface area (Å²) in [6, 6.07) is 18.6. The van der Waals surface area contributed by atoms with Crippen molar-refractivity contribution in [3.05, 3.63) is 94.7 Å². The van der Waals surface area contributed by atoms with Crippen LogP contribution in [0.4, 0.5) is 11.4 Å². The molecule has 2 saturated heterocycles. The number of amidine groups is 1. The molecule has 0 unspecified atom stereocenters. The van der Waals surface area contributed by atoms with E-state index in [0.29, 0.717) is 114 Å². The lowest BCUT2D eigenvalue weighted by atomic mass is 10.2. The first-order valence-electron chi connectivity index (χ1n) is 22.5. The molecule has 72 heavy (non-hydrogen) atoms. The van der Waals surface area contributed by atoms with E-state index in [2.05, 4.69) is 45.3 Å². The molecule has 25 heteroatoms. The standard InChI is InChI=1S/C22H22ClN7O3.C20H22ClN7O3.C5H12O3/c1-14-25-21(27-33-14)20-16-4-3-7-24-22(16)30(26-20)13-19(31)29-10-8-28(9-11-29)15-5-6-17(23)18(12-15)32-2;1-31-16-11-13(4-5-15(16)21)26-7-9-27(10-8-26)17(29)12-28-20-14(3-2-6-23-20)18(24-28)19(22)25-30;1-5(6-2,7-3)8-4/h3-7,12H,8-11,13H2,1-2H3;2-6,11,30H,7-10,12H2,1H3,(H2,22,25);1-4H3. The van der Waals surface area contributed by atoms with Crippen LogP contribution in [0.15, 0.2) is 82.7 Å². The third-order valence-corrected chi connectivity index (χ3v) is 12.7. The van der Waals surface area contributed by atoms with Crippen LogP contribution >= 0.6 is 23.2 Å². The number of hydrogen-bond donors (Lipinski definition) is 2. The second kappa shape index (κ2) is 23.7. The molecule has 23 nitrogen and oxygen atoms in total. The van der Waals surface area contributed by atoms with Crippen LogP contribution in [0.1, 0.15) is 18.5 Å². The fourth-order valence-corrected chi connectivity index (χ4v) is 8.25. The number of hydrogen-bond acceptors (Lipinski definition) is 18. The number of ether oxygens (including phenoxy) is 5. The smallest absolute Gasteiger partial charge is 0.279 e. The van der Waals surface area contributed by atoms with Gasteiger partial charge in [0.15, 0.2) is 17.1 Å². The molecule has 382 valence electrons. The van der Waals surface area contributed by atoms with Gasteiger partial charge in [0.25, 0.3) is 5.97 Å². The van der Waals surface area contributed by atoms with E-state index < -0.39 is 5.97 Å². The monoisotopic (exact) mass is 1030 g/mol. The molecule has 7 heterocycles. The van der Waals surface area contributed by atoms with Gasteiger partial charge < -0.3 is 58.7 Å². The third kappa shape index (κ3) is 12.1. The maximum atomic E-state index is 13.1. The van der Waals surface area contributed by atoms with Crippen LogP contribution in [0.3, 0.4) is 0 Å². The normalized spacial score (nSPS) is 14.2. The summed E-state index contributed by atoms with van der Waals surface area (Å²) in [6.07, 6.45) is 3.29. The topological polar surface area (TPSA) is 252 Å². The molecule has 2 aliphatic rings. The highest BCUT2D eigenvalue weighted by Crippen LogP contribution is 2.32. The Morgan fingerprint density at radius 3 is 1.62 bits per heavy atom. The zero-order valence-electron chi connectivity index (χ0n) is 40.9. The largest absolute Gasteiger partial charge is 0.495 e. The van der Waals surface area contributed by atoms with Crippen LogP contribution in [0.5, 0.6) is 11.5 Å². The lowest BCUT2D eigenvalue weighted by Gasteiger charge is -2.36. The molecule has 2 aromatic carbocycles. The quantitative estimate of drug-likeness (QED) is 0.0510. The number of amides is 2. The number of anilines is 2. The van der Waals surface area contributed by atoms with Crippen molar-refractivity contribution >= 4 is 74.3 Å². The van der Waals surface area contributed by atoms with Gasteiger partial charge in [-0.15, -0.1) is 0 Å². The van der Waals surface area contributed by atoms with Gasteiger partial charge >= 0.3 is 0 Å². The number of piperazine rings is 2. The predicted octanol–water partition coefficient (Wildman–Crippen LogP) is 4.94. The number of nitrogens with two attached hydrogens (primary N) is 1. The zero-order valence-corrected chi connectivity index (χ0v) is 42.4. The Morgan fingerprint density at radius 1 is 0.722 bits per heavy atom. The lowest BCUT2D eigenvalue weighted by Crippen LogP contribution is -2.49. The SMILES string of the molecule is COC(C)(OC)OC.COc1cc(N2CCN(C(=O)Cn3nc(-c4noc(C)n4)c4cccnc43)CC2)ccc1Cl.COc1cc(N2CCN(C(=O)Cn3nc(/C(N)=N/O)c4cccnc43)CC2)ccc1Cl. The van der Waals surface area contributed by atoms with Gasteiger partial charge in [-0.3, -0.25) is 9.59 Å². The van der Waals surface area contributed by atoms with E-state index in [0.717, 1.165) is 16.8 Å². The Labute approximate surface area is 424 Å². The number of fused-ring (bicyclic) bond motifs is 2. The van der Waals surface area contributed by atoms with Crippen molar-refractivity contribution in [2.45, 2.75) is 32.9 Å². The highest BCUT2D eigenvalue weighted by Gasteiger charge is 2.27. The van der Waals surface area contributed by atoms with E-state index >= 15 is 0 Å². The first-order chi connectivity index (χ1) is 34.7. The molecule has 0 spiro atoms. The van der Waals surface area contributed by atoms with Crippen LogP contribution in [0.2, 0.25) is 10.0 Å². The Balaban J connectivity index is 0.000000184. The second-order valence-corrected chi connectivity index (χ2v) is 17.0. The number of nitrogens with zero attached hydrogens (tertiary/aromatic N) is 13. The first-order valence-corrected chi connectivity index (χ1v) is 23.3. The second-order valence-electron chi connectivity index (χ2n) is 16.2. The van der Waals surface area contributed by atoms with Crippen LogP contribution in [0, 0.1) is 6.92 Å². The minimum Gasteiger partial charge on any atom is -0.495 e. The molecule has 0 radical (unpaired) electrons. The minimum atomic E-state index is -0.875. The van der Waals surface area contributed by atoms with E-state index in [4.69, 9.17) is 62.4 Å². The van der Waals surface area contributed by atoms with Crippen molar-refractivity contribution < 1.29 is 43.0 Å². The summed E-state index contributed by atoms with van der Waals surface area (Å²) in [5, 5.41) is 27.4. The van der Waals surface area contributed by atoms with Crippen LogP contribution in [-0.4, -0.2) is 166 Å². The summed E-state index contributed by atoms with van der Waals surface area (Å²) in [4.78, 5) is 47.0. The molecule has 3 N–H and O–H groups in total. The molecule has 0 bridgehead atoms. The third-order valence-electron chi connectivity index (χ3n) is 12.1. The average molecular weight is 1030 g/mol. The van der Waals surface area contributed by atoms with Crippen molar-refractivity contribution in [1.29, 1.82) is 0 Å². The summed E-state index contributed by atoms with van der Waals surface area (Å²) in [5.41, 5.74) is 9.69. The number of aromatic nitrogens is 8. The van der Waals surface area contributed by atoms with Crippen molar-refractivity contribution in [2.75, 3.05) is 97.7 Å². The predicted molar refractivity (Wildman–Crippen MR) is 269 cm³/mol. The van der Waals surface area contributed by atoms with E-state index in [1.165, 1.54) is 26.0 Å². The molecule has 7 aromatic rings. The van der Waals surface area contributed by atoms with Crippen LogP contribution < -0.4 is 25.0 Å². The minimum absolute atomic E-state index is 0.0149. The fraction of sp³-hybridized carbons (Fsp3) is 0.383. The molecule has 0 atom stereocenters. The Hall–Kier alpha value is -7.31. The maximum absolute atomic E-state index is 13.1. The highest BCUT2D eigenvalue weighted by atomic mass is 35.5. The van der Waals surface area contributed by atoms with Gasteiger partial charge in [0.1, 0.15) is 36.0 Å². The molecule has 2 aliphatic heterocycles. The summed E-state index contributed by atoms with van der Waals surface area (Å²) in [5.74, 6) is 0.989. The fourth-order valence-electron chi connectivity index (χ4n) is 7.86. The van der Waals surface area contributed by atoms with Gasteiger partial charge in [-0.05, 0) is 48.5 Å². The highest BCUT2D eigenvalue weighted by molar-refractivity contribution is 6.32. The number of pyridine rings is 2. The number of carbonyl (C=O) groups excluding carboxylic acids is 2. The van der Waals surface area contributed by atoms with E-state index in [-0.39, 0.29) is 30.7 Å². The molecular weight excluding hydrogens is 976 g/mol. The number of oxime groups is 1.